The third kappa shape index (κ3) is 4.03. The lowest BCUT2D eigenvalue weighted by molar-refractivity contribution is -0.120. The molecule has 2 aromatic heterocycles. The molecule has 0 spiro atoms. The van der Waals surface area contributed by atoms with Gasteiger partial charge in [-0.05, 0) is 26.0 Å². The maximum absolute atomic E-state index is 11.4. The van der Waals surface area contributed by atoms with E-state index in [1.807, 2.05) is 37.4 Å². The van der Waals surface area contributed by atoms with Gasteiger partial charge in [-0.15, -0.1) is 11.3 Å². The lowest BCUT2D eigenvalue weighted by Crippen LogP contribution is -2.24. The van der Waals surface area contributed by atoms with Crippen LogP contribution < -0.4 is 10.6 Å². The largest absolute Gasteiger partial charge is 0.356 e. The fourth-order valence-electron chi connectivity index (χ4n) is 1.59. The number of carbonyl (C=O) groups excluding carboxylic acids is 1. The topological polar surface area (TPSA) is 66.9 Å². The van der Waals surface area contributed by atoms with Crippen LogP contribution in [0.25, 0.3) is 0 Å². The first-order chi connectivity index (χ1) is 9.17. The van der Waals surface area contributed by atoms with Crippen molar-refractivity contribution in [3.63, 3.8) is 0 Å². The van der Waals surface area contributed by atoms with Gasteiger partial charge in [-0.3, -0.25) is 4.79 Å². The minimum atomic E-state index is -0.00645. The van der Waals surface area contributed by atoms with Gasteiger partial charge in [-0.2, -0.15) is 0 Å². The number of rotatable bonds is 5. The Morgan fingerprint density at radius 1 is 1.37 bits per heavy atom. The van der Waals surface area contributed by atoms with E-state index in [2.05, 4.69) is 20.6 Å². The number of aromatic nitrogens is 2. The normalized spacial score (nSPS) is 10.2. The quantitative estimate of drug-likeness (QED) is 0.879. The number of amides is 1. The second-order valence-corrected chi connectivity index (χ2v) is 4.92. The number of likely N-dealkylation sites (N-methyl/N-ethyl adjacent to an activating group) is 1. The Kier molecular flexibility index (Phi) is 4.46. The summed E-state index contributed by atoms with van der Waals surface area (Å²) in [5, 5.41) is 8.52. The maximum Gasteiger partial charge on any atom is 0.226 e. The zero-order valence-electron chi connectivity index (χ0n) is 10.9. The zero-order chi connectivity index (χ0) is 13.7. The van der Waals surface area contributed by atoms with E-state index in [0.717, 1.165) is 22.3 Å². The van der Waals surface area contributed by atoms with E-state index in [9.17, 15) is 4.79 Å². The average Bonchev–Trinajstić information content (AvgIpc) is 2.76. The Balaban J connectivity index is 1.99. The molecule has 0 aromatic carbocycles. The molecule has 0 atom stereocenters. The summed E-state index contributed by atoms with van der Waals surface area (Å²) in [6.45, 7) is 4.48. The summed E-state index contributed by atoms with van der Waals surface area (Å²) in [6.07, 6.45) is 0.313. The molecule has 0 fully saturated rings. The van der Waals surface area contributed by atoms with Gasteiger partial charge in [0.25, 0.3) is 0 Å². The van der Waals surface area contributed by atoms with E-state index < -0.39 is 0 Å². The van der Waals surface area contributed by atoms with Gasteiger partial charge in [0, 0.05) is 17.6 Å². The molecule has 6 heteroatoms. The van der Waals surface area contributed by atoms with Gasteiger partial charge < -0.3 is 10.6 Å². The summed E-state index contributed by atoms with van der Waals surface area (Å²) >= 11 is 1.47. The van der Waals surface area contributed by atoms with Crippen molar-refractivity contribution in [3.8, 4) is 0 Å². The molecule has 0 unspecified atom stereocenters. The van der Waals surface area contributed by atoms with Crippen LogP contribution in [0.2, 0.25) is 0 Å². The van der Waals surface area contributed by atoms with Gasteiger partial charge in [0.15, 0.2) is 5.13 Å². The standard InChI is InChI=1S/C13H16N4OS/c1-3-14-12(18)7-10-8-19-13(16-10)17-11-6-4-5-9(2)15-11/h4-6,8H,3,7H2,1-2H3,(H,14,18)(H,15,16,17). The van der Waals surface area contributed by atoms with E-state index in [4.69, 9.17) is 0 Å². The number of hydrogen-bond donors (Lipinski definition) is 2. The first kappa shape index (κ1) is 13.5. The monoisotopic (exact) mass is 276 g/mol. The fourth-order valence-corrected chi connectivity index (χ4v) is 2.31. The Hall–Kier alpha value is -1.95. The van der Waals surface area contributed by atoms with Crippen LogP contribution in [0.5, 0.6) is 0 Å². The summed E-state index contributed by atoms with van der Waals surface area (Å²) in [5.41, 5.74) is 1.72. The highest BCUT2D eigenvalue weighted by Crippen LogP contribution is 2.20. The van der Waals surface area contributed by atoms with Crippen molar-refractivity contribution in [2.45, 2.75) is 20.3 Å². The first-order valence-corrected chi connectivity index (χ1v) is 6.97. The van der Waals surface area contributed by atoms with Crippen molar-refractivity contribution >= 4 is 28.2 Å². The van der Waals surface area contributed by atoms with Crippen molar-refractivity contribution < 1.29 is 4.79 Å². The molecule has 0 saturated heterocycles. The number of thiazole rings is 1. The number of nitrogens with zero attached hydrogens (tertiary/aromatic N) is 2. The van der Waals surface area contributed by atoms with Gasteiger partial charge >= 0.3 is 0 Å². The molecule has 100 valence electrons. The molecule has 19 heavy (non-hydrogen) atoms. The molecule has 2 rings (SSSR count). The van der Waals surface area contributed by atoms with Crippen molar-refractivity contribution in [2.75, 3.05) is 11.9 Å². The molecule has 2 heterocycles. The Morgan fingerprint density at radius 2 is 2.21 bits per heavy atom. The summed E-state index contributed by atoms with van der Waals surface area (Å²) < 4.78 is 0. The third-order valence-electron chi connectivity index (χ3n) is 2.39. The van der Waals surface area contributed by atoms with Gasteiger partial charge in [-0.25, -0.2) is 9.97 Å². The van der Waals surface area contributed by atoms with Gasteiger partial charge in [0.2, 0.25) is 5.91 Å². The van der Waals surface area contributed by atoms with E-state index in [1.54, 1.807) is 0 Å². The van der Waals surface area contributed by atoms with Crippen molar-refractivity contribution in [1.82, 2.24) is 15.3 Å². The second kappa shape index (κ2) is 6.29. The van der Waals surface area contributed by atoms with Crippen LogP contribution in [0.3, 0.4) is 0 Å². The smallest absolute Gasteiger partial charge is 0.226 e. The number of carbonyl (C=O) groups is 1. The molecule has 0 aliphatic rings. The molecule has 1 amide bonds. The molecule has 0 bridgehead atoms. The third-order valence-corrected chi connectivity index (χ3v) is 3.20. The molecule has 0 radical (unpaired) electrons. The number of nitrogens with one attached hydrogen (secondary N) is 2. The van der Waals surface area contributed by atoms with Gasteiger partial charge in [-0.1, -0.05) is 6.07 Å². The van der Waals surface area contributed by atoms with Crippen molar-refractivity contribution in [1.29, 1.82) is 0 Å². The molecule has 0 aliphatic heterocycles. The van der Waals surface area contributed by atoms with E-state index in [0.29, 0.717) is 13.0 Å². The molecule has 5 nitrogen and oxygen atoms in total. The van der Waals surface area contributed by atoms with Crippen molar-refractivity contribution in [3.05, 3.63) is 35.0 Å². The van der Waals surface area contributed by atoms with E-state index in [1.165, 1.54) is 11.3 Å². The zero-order valence-corrected chi connectivity index (χ0v) is 11.8. The predicted molar refractivity (Wildman–Crippen MR) is 76.8 cm³/mol. The highest BCUT2D eigenvalue weighted by atomic mass is 32.1. The summed E-state index contributed by atoms with van der Waals surface area (Å²) in [5.74, 6) is 0.756. The summed E-state index contributed by atoms with van der Waals surface area (Å²) in [7, 11) is 0. The molecular formula is C13H16N4OS. The van der Waals surface area contributed by atoms with Crippen LogP contribution in [0.1, 0.15) is 18.3 Å². The van der Waals surface area contributed by atoms with Gasteiger partial charge in [0.1, 0.15) is 5.82 Å². The second-order valence-electron chi connectivity index (χ2n) is 4.06. The number of aryl methyl sites for hydroxylation is 1. The molecular weight excluding hydrogens is 260 g/mol. The van der Waals surface area contributed by atoms with Crippen LogP contribution in [-0.2, 0) is 11.2 Å². The minimum Gasteiger partial charge on any atom is -0.356 e. The lowest BCUT2D eigenvalue weighted by atomic mass is 10.3. The highest BCUT2D eigenvalue weighted by Gasteiger charge is 2.07. The minimum absolute atomic E-state index is 0.00645. The number of anilines is 2. The molecule has 0 saturated carbocycles. The summed E-state index contributed by atoms with van der Waals surface area (Å²) in [4.78, 5) is 20.2. The maximum atomic E-state index is 11.4. The van der Waals surface area contributed by atoms with Crippen LogP contribution >= 0.6 is 11.3 Å². The van der Waals surface area contributed by atoms with E-state index in [-0.39, 0.29) is 5.91 Å². The molecule has 2 N–H and O–H groups in total. The number of hydrogen-bond acceptors (Lipinski definition) is 5. The predicted octanol–water partition coefficient (Wildman–Crippen LogP) is 2.27. The van der Waals surface area contributed by atoms with Crippen LogP contribution in [0.15, 0.2) is 23.6 Å². The SMILES string of the molecule is CCNC(=O)Cc1csc(Nc2cccc(C)n2)n1. The summed E-state index contributed by atoms with van der Waals surface area (Å²) in [6, 6.07) is 5.76. The van der Waals surface area contributed by atoms with Crippen LogP contribution in [0, 0.1) is 6.92 Å². The molecule has 2 aromatic rings. The first-order valence-electron chi connectivity index (χ1n) is 6.09. The fraction of sp³-hybridized carbons (Fsp3) is 0.308. The van der Waals surface area contributed by atoms with Gasteiger partial charge in [0.05, 0.1) is 12.1 Å². The van der Waals surface area contributed by atoms with E-state index >= 15 is 0 Å². The number of pyridine rings is 1. The Morgan fingerprint density at radius 3 is 2.95 bits per heavy atom. The Labute approximate surface area is 116 Å². The van der Waals surface area contributed by atoms with Crippen LogP contribution in [-0.4, -0.2) is 22.4 Å². The van der Waals surface area contributed by atoms with Crippen molar-refractivity contribution in [2.24, 2.45) is 0 Å². The molecule has 0 aliphatic carbocycles. The highest BCUT2D eigenvalue weighted by molar-refractivity contribution is 7.13. The lowest BCUT2D eigenvalue weighted by Gasteiger charge is -2.02. The van der Waals surface area contributed by atoms with Crippen LogP contribution in [0.4, 0.5) is 10.9 Å². The Bertz CT molecular complexity index is 567. The average molecular weight is 276 g/mol.